The van der Waals surface area contributed by atoms with Crippen molar-refractivity contribution in [3.05, 3.63) is 48.2 Å². The number of nitrogen functional groups attached to an aromatic ring is 1. The Hall–Kier alpha value is -3.89. The van der Waals surface area contributed by atoms with E-state index in [0.29, 0.717) is 40.8 Å². The maximum absolute atomic E-state index is 13.2. The number of nitrogens with two attached hydrogens (primary N) is 1. The fourth-order valence-electron chi connectivity index (χ4n) is 3.46. The molecule has 0 saturated heterocycles. The number of anilines is 4. The first-order valence-corrected chi connectivity index (χ1v) is 9.93. The molecule has 4 aromatic rings. The van der Waals surface area contributed by atoms with Crippen LogP contribution in [0, 0.1) is 5.82 Å². The Bertz CT molecular complexity index is 1250. The molecule has 31 heavy (non-hydrogen) atoms. The summed E-state index contributed by atoms with van der Waals surface area (Å²) in [7, 11) is 1.89. The van der Waals surface area contributed by atoms with E-state index in [0.717, 1.165) is 36.2 Å². The van der Waals surface area contributed by atoms with Gasteiger partial charge in [-0.05, 0) is 37.3 Å². The fourth-order valence-corrected chi connectivity index (χ4v) is 3.46. The van der Waals surface area contributed by atoms with Gasteiger partial charge in [-0.15, -0.1) is 0 Å². The van der Waals surface area contributed by atoms with Crippen molar-refractivity contribution in [2.75, 3.05) is 16.4 Å². The standard InChI is InChI=1S/C20H21FN10/c1-10(17-23-6-12(21)7-24-17)26-20-29-18-16(13(11-3-4-11)5-14(22)27-18)19(30-20)28-15-8-31(2)9-25-15/h5-11H,3-4H2,1-2H3,(H4,22,26,27,28,29,30)/t10-/m1/s1. The smallest absolute Gasteiger partial charge is 0.227 e. The Morgan fingerprint density at radius 1 is 1.16 bits per heavy atom. The van der Waals surface area contributed by atoms with Crippen LogP contribution in [0.1, 0.15) is 43.1 Å². The van der Waals surface area contributed by atoms with Crippen molar-refractivity contribution < 1.29 is 4.39 Å². The number of hydrogen-bond donors (Lipinski definition) is 3. The zero-order valence-electron chi connectivity index (χ0n) is 17.0. The van der Waals surface area contributed by atoms with E-state index in [-0.39, 0.29) is 6.04 Å². The Morgan fingerprint density at radius 2 is 1.94 bits per heavy atom. The van der Waals surface area contributed by atoms with Crippen molar-refractivity contribution in [1.82, 2.24) is 34.5 Å². The third-order valence-corrected chi connectivity index (χ3v) is 5.06. The predicted octanol–water partition coefficient (Wildman–Crippen LogP) is 3.06. The van der Waals surface area contributed by atoms with E-state index in [2.05, 4.69) is 35.6 Å². The SMILES string of the molecule is C[C@@H](Nc1nc(Nc2cn(C)cn2)c2c(C3CC3)cc(N)nc2n1)c1ncc(F)cn1. The van der Waals surface area contributed by atoms with Gasteiger partial charge in [-0.3, -0.25) is 0 Å². The number of aromatic nitrogens is 7. The molecule has 0 unspecified atom stereocenters. The monoisotopic (exact) mass is 420 g/mol. The number of fused-ring (bicyclic) bond motifs is 1. The van der Waals surface area contributed by atoms with Gasteiger partial charge >= 0.3 is 0 Å². The number of hydrogen-bond acceptors (Lipinski definition) is 9. The second-order valence-corrected chi connectivity index (χ2v) is 7.68. The molecule has 1 fully saturated rings. The van der Waals surface area contributed by atoms with Gasteiger partial charge in [0.1, 0.15) is 23.3 Å². The minimum Gasteiger partial charge on any atom is -0.384 e. The first kappa shape index (κ1) is 19.1. The molecule has 0 aliphatic heterocycles. The minimum atomic E-state index is -0.493. The summed E-state index contributed by atoms with van der Waals surface area (Å²) in [6.45, 7) is 1.84. The predicted molar refractivity (Wildman–Crippen MR) is 114 cm³/mol. The quantitative estimate of drug-likeness (QED) is 0.430. The highest BCUT2D eigenvalue weighted by molar-refractivity contribution is 5.93. The molecule has 10 nitrogen and oxygen atoms in total. The molecule has 0 radical (unpaired) electrons. The minimum absolute atomic E-state index is 0.325. The molecule has 0 bridgehead atoms. The fraction of sp³-hybridized carbons (Fsp3) is 0.300. The Kier molecular flexibility index (Phi) is 4.57. The number of halogens is 1. The average molecular weight is 420 g/mol. The third kappa shape index (κ3) is 3.93. The Morgan fingerprint density at radius 3 is 2.61 bits per heavy atom. The molecule has 1 atom stereocenters. The van der Waals surface area contributed by atoms with Crippen LogP contribution in [0.15, 0.2) is 31.0 Å². The number of nitrogens with zero attached hydrogens (tertiary/aromatic N) is 7. The van der Waals surface area contributed by atoms with E-state index >= 15 is 0 Å². The van der Waals surface area contributed by atoms with Gasteiger partial charge in [0, 0.05) is 13.2 Å². The van der Waals surface area contributed by atoms with Gasteiger partial charge in [0.15, 0.2) is 11.5 Å². The van der Waals surface area contributed by atoms with Gasteiger partial charge in [0.05, 0.1) is 30.1 Å². The largest absolute Gasteiger partial charge is 0.384 e. The van der Waals surface area contributed by atoms with Crippen molar-refractivity contribution in [2.45, 2.75) is 31.7 Å². The van der Waals surface area contributed by atoms with E-state index < -0.39 is 5.82 Å². The summed E-state index contributed by atoms with van der Waals surface area (Å²) in [5.41, 5.74) is 7.65. The summed E-state index contributed by atoms with van der Waals surface area (Å²) >= 11 is 0. The highest BCUT2D eigenvalue weighted by atomic mass is 19.1. The zero-order valence-corrected chi connectivity index (χ0v) is 17.0. The van der Waals surface area contributed by atoms with Gasteiger partial charge in [0.25, 0.3) is 0 Å². The Labute approximate surface area is 177 Å². The molecule has 4 aromatic heterocycles. The molecular formula is C20H21FN10. The molecule has 4 N–H and O–H groups in total. The highest BCUT2D eigenvalue weighted by Crippen LogP contribution is 2.45. The van der Waals surface area contributed by atoms with Crippen LogP contribution < -0.4 is 16.4 Å². The van der Waals surface area contributed by atoms with E-state index in [1.165, 1.54) is 0 Å². The molecule has 0 amide bonds. The molecule has 1 aliphatic carbocycles. The summed E-state index contributed by atoms with van der Waals surface area (Å²) in [6.07, 6.45) is 8.01. The topological polar surface area (TPSA) is 132 Å². The average Bonchev–Trinajstić information content (AvgIpc) is 3.50. The van der Waals surface area contributed by atoms with E-state index in [1.807, 2.05) is 30.8 Å². The summed E-state index contributed by atoms with van der Waals surface area (Å²) < 4.78 is 15.0. The van der Waals surface area contributed by atoms with Crippen molar-refractivity contribution in [2.24, 2.45) is 7.05 Å². The van der Waals surface area contributed by atoms with Crippen molar-refractivity contribution >= 4 is 34.4 Å². The van der Waals surface area contributed by atoms with E-state index in [9.17, 15) is 4.39 Å². The summed E-state index contributed by atoms with van der Waals surface area (Å²) in [5, 5.41) is 7.29. The van der Waals surface area contributed by atoms with E-state index in [1.54, 1.807) is 6.33 Å². The molecule has 1 saturated carbocycles. The van der Waals surface area contributed by atoms with Crippen LogP contribution >= 0.6 is 0 Å². The van der Waals surface area contributed by atoms with Crippen LogP contribution in [-0.4, -0.2) is 34.5 Å². The van der Waals surface area contributed by atoms with Gasteiger partial charge in [-0.25, -0.2) is 24.3 Å². The second kappa shape index (κ2) is 7.42. The van der Waals surface area contributed by atoms with Gasteiger partial charge < -0.3 is 20.9 Å². The molecule has 0 spiro atoms. The molecule has 4 heterocycles. The number of nitrogens with one attached hydrogen (secondary N) is 2. The lowest BCUT2D eigenvalue weighted by molar-refractivity contribution is 0.604. The normalized spacial score (nSPS) is 14.5. The number of aryl methyl sites for hydroxylation is 1. The lowest BCUT2D eigenvalue weighted by Gasteiger charge is -2.16. The lowest BCUT2D eigenvalue weighted by Crippen LogP contribution is -2.14. The van der Waals surface area contributed by atoms with Gasteiger partial charge in [-0.2, -0.15) is 9.97 Å². The first-order chi connectivity index (χ1) is 15.0. The lowest BCUT2D eigenvalue weighted by atomic mass is 10.1. The number of rotatable bonds is 6. The summed E-state index contributed by atoms with van der Waals surface area (Å²) in [6, 6.07) is 1.54. The summed E-state index contributed by atoms with van der Waals surface area (Å²) in [4.78, 5) is 26.1. The zero-order chi connectivity index (χ0) is 21.5. The first-order valence-electron chi connectivity index (χ1n) is 9.93. The highest BCUT2D eigenvalue weighted by Gasteiger charge is 2.28. The molecule has 158 valence electrons. The molecular weight excluding hydrogens is 399 g/mol. The summed E-state index contributed by atoms with van der Waals surface area (Å²) in [5.74, 6) is 2.33. The van der Waals surface area contributed by atoms with Crippen molar-refractivity contribution in [3.8, 4) is 0 Å². The van der Waals surface area contributed by atoms with Crippen molar-refractivity contribution in [1.29, 1.82) is 0 Å². The maximum atomic E-state index is 13.2. The van der Waals surface area contributed by atoms with Crippen LogP contribution in [0.25, 0.3) is 11.0 Å². The molecule has 11 heteroatoms. The molecule has 1 aliphatic rings. The van der Waals surface area contributed by atoms with Crippen LogP contribution in [0.2, 0.25) is 0 Å². The van der Waals surface area contributed by atoms with Crippen LogP contribution in [-0.2, 0) is 7.05 Å². The second-order valence-electron chi connectivity index (χ2n) is 7.68. The van der Waals surface area contributed by atoms with Gasteiger partial charge in [0.2, 0.25) is 5.95 Å². The van der Waals surface area contributed by atoms with Crippen molar-refractivity contribution in [3.63, 3.8) is 0 Å². The third-order valence-electron chi connectivity index (χ3n) is 5.06. The molecule has 5 rings (SSSR count). The van der Waals surface area contributed by atoms with Crippen LogP contribution in [0.4, 0.5) is 27.8 Å². The van der Waals surface area contributed by atoms with Crippen LogP contribution in [0.3, 0.4) is 0 Å². The maximum Gasteiger partial charge on any atom is 0.227 e. The Balaban J connectivity index is 1.58. The number of pyridine rings is 1. The number of imidazole rings is 1. The van der Waals surface area contributed by atoms with E-state index in [4.69, 9.17) is 10.7 Å². The van der Waals surface area contributed by atoms with Gasteiger partial charge in [-0.1, -0.05) is 0 Å². The van der Waals surface area contributed by atoms with Crippen LogP contribution in [0.5, 0.6) is 0 Å². The molecule has 0 aromatic carbocycles.